The highest BCUT2D eigenvalue weighted by atomic mass is 16.6. The topological polar surface area (TPSA) is 114 Å². The highest BCUT2D eigenvalue weighted by Gasteiger charge is 2.10. The zero-order valence-electron chi connectivity index (χ0n) is 12.1. The van der Waals surface area contributed by atoms with Crippen LogP contribution in [0.3, 0.4) is 0 Å². The van der Waals surface area contributed by atoms with Gasteiger partial charge in [0.1, 0.15) is 11.5 Å². The van der Waals surface area contributed by atoms with E-state index in [9.17, 15) is 20.0 Å². The molecule has 0 aliphatic rings. The molecule has 23 heavy (non-hydrogen) atoms. The lowest BCUT2D eigenvalue weighted by Crippen LogP contribution is -2.17. The molecule has 0 radical (unpaired) electrons. The Morgan fingerprint density at radius 2 is 2.13 bits per heavy atom. The van der Waals surface area contributed by atoms with Crippen molar-refractivity contribution in [3.8, 4) is 11.5 Å². The number of hydrazone groups is 1. The Bertz CT molecular complexity index is 773. The Labute approximate surface area is 131 Å². The Kier molecular flexibility index (Phi) is 4.88. The molecule has 0 heterocycles. The van der Waals surface area contributed by atoms with Crippen molar-refractivity contribution >= 4 is 17.8 Å². The van der Waals surface area contributed by atoms with Crippen molar-refractivity contribution in [3.05, 3.63) is 63.7 Å². The average molecular weight is 315 g/mol. The lowest BCUT2D eigenvalue weighted by molar-refractivity contribution is -0.384. The Morgan fingerprint density at radius 1 is 1.35 bits per heavy atom. The van der Waals surface area contributed by atoms with Gasteiger partial charge in [0.2, 0.25) is 0 Å². The second-order valence-corrected chi connectivity index (χ2v) is 4.43. The van der Waals surface area contributed by atoms with E-state index < -0.39 is 10.8 Å². The number of ether oxygens (including phenoxy) is 1. The van der Waals surface area contributed by atoms with Crippen LogP contribution in [0.5, 0.6) is 11.5 Å². The number of nitro benzene ring substituents is 1. The van der Waals surface area contributed by atoms with Crippen molar-refractivity contribution in [2.75, 3.05) is 7.11 Å². The average Bonchev–Trinajstić information content (AvgIpc) is 2.56. The molecule has 0 aliphatic heterocycles. The SMILES string of the molecule is COc1ccc(C=NNC(=O)c2cccc([N+](=O)[O-])c2)c(O)c1. The van der Waals surface area contributed by atoms with E-state index in [1.54, 1.807) is 12.1 Å². The number of phenols is 1. The number of hydrogen-bond acceptors (Lipinski definition) is 6. The smallest absolute Gasteiger partial charge is 0.271 e. The molecule has 0 saturated carbocycles. The van der Waals surface area contributed by atoms with Crippen LogP contribution in [-0.4, -0.2) is 29.3 Å². The molecule has 0 atom stereocenters. The summed E-state index contributed by atoms with van der Waals surface area (Å²) in [5.74, 6) is -0.170. The lowest BCUT2D eigenvalue weighted by Gasteiger charge is -2.03. The van der Waals surface area contributed by atoms with Crippen molar-refractivity contribution in [1.82, 2.24) is 5.43 Å². The summed E-state index contributed by atoms with van der Waals surface area (Å²) in [4.78, 5) is 21.9. The number of hydrogen-bond donors (Lipinski definition) is 2. The van der Waals surface area contributed by atoms with Crippen LogP contribution in [0, 0.1) is 10.1 Å². The minimum Gasteiger partial charge on any atom is -0.507 e. The number of nitro groups is 1. The molecule has 0 aliphatic carbocycles. The normalized spacial score (nSPS) is 10.5. The first kappa shape index (κ1) is 16.0. The molecule has 0 saturated heterocycles. The van der Waals surface area contributed by atoms with Crippen molar-refractivity contribution in [2.45, 2.75) is 0 Å². The summed E-state index contributed by atoms with van der Waals surface area (Å²) in [5.41, 5.74) is 2.54. The number of rotatable bonds is 5. The highest BCUT2D eigenvalue weighted by Crippen LogP contribution is 2.21. The van der Waals surface area contributed by atoms with E-state index in [1.807, 2.05) is 0 Å². The first-order valence-corrected chi connectivity index (χ1v) is 6.46. The molecule has 2 rings (SSSR count). The number of benzene rings is 2. The van der Waals surface area contributed by atoms with Gasteiger partial charge in [-0.1, -0.05) is 6.07 Å². The number of aromatic hydroxyl groups is 1. The second-order valence-electron chi connectivity index (χ2n) is 4.43. The third-order valence-electron chi connectivity index (χ3n) is 2.93. The second kappa shape index (κ2) is 7.03. The van der Waals surface area contributed by atoms with E-state index in [2.05, 4.69) is 10.5 Å². The zero-order valence-corrected chi connectivity index (χ0v) is 12.1. The summed E-state index contributed by atoms with van der Waals surface area (Å²) >= 11 is 0. The maximum absolute atomic E-state index is 11.9. The molecule has 2 aromatic rings. The van der Waals surface area contributed by atoms with Gasteiger partial charge in [0.15, 0.2) is 0 Å². The summed E-state index contributed by atoms with van der Waals surface area (Å²) in [6.07, 6.45) is 1.25. The largest absolute Gasteiger partial charge is 0.507 e. The van der Waals surface area contributed by atoms with Gasteiger partial charge in [-0.05, 0) is 18.2 Å². The lowest BCUT2D eigenvalue weighted by atomic mass is 10.2. The number of carbonyl (C=O) groups excluding carboxylic acids is 1. The van der Waals surface area contributed by atoms with Crippen molar-refractivity contribution < 1.29 is 19.6 Å². The quantitative estimate of drug-likeness (QED) is 0.498. The molecule has 0 aromatic heterocycles. The van der Waals surface area contributed by atoms with Gasteiger partial charge in [0.25, 0.3) is 11.6 Å². The minimum absolute atomic E-state index is 0.0577. The number of amides is 1. The zero-order chi connectivity index (χ0) is 16.8. The first-order chi connectivity index (χ1) is 11.0. The fourth-order valence-corrected chi connectivity index (χ4v) is 1.75. The molecule has 8 heteroatoms. The van der Waals surface area contributed by atoms with Crippen LogP contribution in [0.2, 0.25) is 0 Å². The van der Waals surface area contributed by atoms with Crippen LogP contribution >= 0.6 is 0 Å². The van der Waals surface area contributed by atoms with Gasteiger partial charge in [0.05, 0.1) is 18.2 Å². The van der Waals surface area contributed by atoms with Crippen molar-refractivity contribution in [2.24, 2.45) is 5.10 Å². The maximum Gasteiger partial charge on any atom is 0.271 e. The maximum atomic E-state index is 11.9. The number of non-ortho nitro benzene ring substituents is 1. The fourth-order valence-electron chi connectivity index (χ4n) is 1.75. The Hall–Kier alpha value is -3.42. The fraction of sp³-hybridized carbons (Fsp3) is 0.0667. The number of carbonyl (C=O) groups is 1. The van der Waals surface area contributed by atoms with Crippen LogP contribution in [0.1, 0.15) is 15.9 Å². The van der Waals surface area contributed by atoms with Crippen molar-refractivity contribution in [3.63, 3.8) is 0 Å². The predicted octanol–water partition coefficient (Wildman–Crippen LogP) is 2.07. The number of methoxy groups -OCH3 is 1. The van der Waals surface area contributed by atoms with Crippen molar-refractivity contribution in [1.29, 1.82) is 0 Å². The van der Waals surface area contributed by atoms with E-state index in [0.717, 1.165) is 6.07 Å². The molecule has 0 unspecified atom stereocenters. The van der Waals surface area contributed by atoms with Gasteiger partial charge in [-0.2, -0.15) is 5.10 Å². The highest BCUT2D eigenvalue weighted by molar-refractivity contribution is 5.95. The van der Waals surface area contributed by atoms with E-state index in [1.165, 1.54) is 37.6 Å². The van der Waals surface area contributed by atoms with E-state index >= 15 is 0 Å². The standard InChI is InChI=1S/C15H13N3O5/c1-23-13-6-5-11(14(19)8-13)9-16-17-15(20)10-3-2-4-12(7-10)18(21)22/h2-9,19H,1H3,(H,17,20). The van der Waals surface area contributed by atoms with Crippen LogP contribution in [0.15, 0.2) is 47.6 Å². The molecule has 0 fully saturated rings. The third kappa shape index (κ3) is 4.03. The molecule has 0 bridgehead atoms. The monoisotopic (exact) mass is 315 g/mol. The molecule has 118 valence electrons. The summed E-state index contributed by atoms with van der Waals surface area (Å²) < 4.78 is 4.95. The van der Waals surface area contributed by atoms with Gasteiger partial charge in [-0.3, -0.25) is 14.9 Å². The summed E-state index contributed by atoms with van der Waals surface area (Å²) in [5, 5.41) is 24.1. The Morgan fingerprint density at radius 3 is 2.78 bits per heavy atom. The van der Waals surface area contributed by atoms with Crippen LogP contribution < -0.4 is 10.2 Å². The molecular formula is C15H13N3O5. The predicted molar refractivity (Wildman–Crippen MR) is 82.8 cm³/mol. The molecule has 2 aromatic carbocycles. The molecule has 1 amide bonds. The molecule has 0 spiro atoms. The van der Waals surface area contributed by atoms with Crippen LogP contribution in [-0.2, 0) is 0 Å². The summed E-state index contributed by atoms with van der Waals surface area (Å²) in [6.45, 7) is 0. The number of phenolic OH excluding ortho intramolecular Hbond substituents is 1. The van der Waals surface area contributed by atoms with Gasteiger partial charge in [0, 0.05) is 29.3 Å². The number of nitrogens with one attached hydrogen (secondary N) is 1. The van der Waals surface area contributed by atoms with Crippen LogP contribution in [0.4, 0.5) is 5.69 Å². The van der Waals surface area contributed by atoms with Gasteiger partial charge >= 0.3 is 0 Å². The van der Waals surface area contributed by atoms with E-state index in [-0.39, 0.29) is 17.0 Å². The molecule has 2 N–H and O–H groups in total. The van der Waals surface area contributed by atoms with Gasteiger partial charge < -0.3 is 9.84 Å². The van der Waals surface area contributed by atoms with E-state index in [0.29, 0.717) is 11.3 Å². The molecular weight excluding hydrogens is 302 g/mol. The molecule has 8 nitrogen and oxygen atoms in total. The van der Waals surface area contributed by atoms with Gasteiger partial charge in [-0.25, -0.2) is 5.43 Å². The first-order valence-electron chi connectivity index (χ1n) is 6.46. The number of nitrogens with zero attached hydrogens (tertiary/aromatic N) is 2. The third-order valence-corrected chi connectivity index (χ3v) is 2.93. The minimum atomic E-state index is -0.599. The summed E-state index contributed by atoms with van der Waals surface area (Å²) in [7, 11) is 1.47. The van der Waals surface area contributed by atoms with E-state index in [4.69, 9.17) is 4.74 Å². The Balaban J connectivity index is 2.07. The van der Waals surface area contributed by atoms with Crippen LogP contribution in [0.25, 0.3) is 0 Å². The van der Waals surface area contributed by atoms with Gasteiger partial charge in [-0.15, -0.1) is 0 Å². The summed E-state index contributed by atoms with van der Waals surface area (Å²) in [6, 6.07) is 9.88.